The molecule has 0 spiro atoms. The van der Waals surface area contributed by atoms with Gasteiger partial charge in [-0.2, -0.15) is 0 Å². The molecule has 0 atom stereocenters. The number of thiophene rings is 1. The molecule has 7 nitrogen and oxygen atoms in total. The monoisotopic (exact) mass is 309 g/mol. The fourth-order valence-corrected chi connectivity index (χ4v) is 3.04. The first-order chi connectivity index (χ1) is 9.93. The first-order valence-electron chi connectivity index (χ1n) is 6.34. The van der Waals surface area contributed by atoms with Crippen LogP contribution in [0.5, 0.6) is 0 Å². The molecule has 2 rings (SSSR count). The zero-order chi connectivity index (χ0) is 15.6. The van der Waals surface area contributed by atoms with Gasteiger partial charge >= 0.3 is 11.9 Å². The van der Waals surface area contributed by atoms with Gasteiger partial charge in [0.1, 0.15) is 27.9 Å². The lowest BCUT2D eigenvalue weighted by Gasteiger charge is -2.06. The second-order valence-corrected chi connectivity index (χ2v) is 5.32. The number of nitrogens with one attached hydrogen (secondary N) is 1. The molecule has 0 unspecified atom stereocenters. The second kappa shape index (κ2) is 6.04. The van der Waals surface area contributed by atoms with Crippen molar-refractivity contribution >= 4 is 39.3 Å². The molecule has 0 radical (unpaired) electrons. The second-order valence-electron chi connectivity index (χ2n) is 4.32. The van der Waals surface area contributed by atoms with Crippen LogP contribution in [0.2, 0.25) is 0 Å². The van der Waals surface area contributed by atoms with Crippen LogP contribution in [0.1, 0.15) is 28.0 Å². The number of aromatic nitrogens is 2. The predicted molar refractivity (Wildman–Crippen MR) is 79.0 cm³/mol. The van der Waals surface area contributed by atoms with Crippen molar-refractivity contribution in [2.45, 2.75) is 20.8 Å². The number of esters is 1. The number of aliphatic carboxylic acids is 1. The summed E-state index contributed by atoms with van der Waals surface area (Å²) in [7, 11) is 0. The van der Waals surface area contributed by atoms with Gasteiger partial charge in [0.2, 0.25) is 0 Å². The lowest BCUT2D eigenvalue weighted by atomic mass is 10.2. The smallest absolute Gasteiger partial charge is 0.348 e. The summed E-state index contributed by atoms with van der Waals surface area (Å²) < 4.78 is 5.02. The van der Waals surface area contributed by atoms with Crippen molar-refractivity contribution in [2.75, 3.05) is 18.5 Å². The Bertz CT molecular complexity index is 711. The molecule has 2 aromatic heterocycles. The Kier molecular flexibility index (Phi) is 4.37. The van der Waals surface area contributed by atoms with Crippen LogP contribution in [0, 0.1) is 13.8 Å². The summed E-state index contributed by atoms with van der Waals surface area (Å²) in [6.45, 7) is 5.27. The zero-order valence-corrected chi connectivity index (χ0v) is 12.7. The average Bonchev–Trinajstić information content (AvgIpc) is 2.73. The topological polar surface area (TPSA) is 101 Å². The number of carboxylic acids is 1. The molecule has 8 heteroatoms. The molecule has 0 saturated carbocycles. The Labute approximate surface area is 125 Å². The van der Waals surface area contributed by atoms with Gasteiger partial charge in [-0.05, 0) is 26.3 Å². The van der Waals surface area contributed by atoms with Crippen LogP contribution in [0.25, 0.3) is 10.2 Å². The highest BCUT2D eigenvalue weighted by molar-refractivity contribution is 7.20. The van der Waals surface area contributed by atoms with Crippen molar-refractivity contribution < 1.29 is 19.4 Å². The number of carboxylic acid groups (broad SMARTS) is 1. The molecular formula is C13H15N3O4S. The molecule has 2 aromatic rings. The van der Waals surface area contributed by atoms with Gasteiger partial charge < -0.3 is 15.2 Å². The van der Waals surface area contributed by atoms with E-state index in [1.54, 1.807) is 20.8 Å². The maximum absolute atomic E-state index is 11.9. The lowest BCUT2D eigenvalue weighted by molar-refractivity contribution is -0.134. The number of anilines is 1. The van der Waals surface area contributed by atoms with E-state index in [4.69, 9.17) is 9.84 Å². The number of ether oxygens (including phenoxy) is 1. The fourth-order valence-electron chi connectivity index (χ4n) is 1.92. The number of carbonyl (C=O) groups excluding carboxylic acids is 1. The SMILES string of the molecule is CCOC(=O)c1sc2nc(C)nc(NCC(=O)O)c2c1C. The number of hydrogen-bond acceptors (Lipinski definition) is 7. The molecule has 0 aliphatic heterocycles. The lowest BCUT2D eigenvalue weighted by Crippen LogP contribution is -2.14. The Balaban J connectivity index is 2.53. The molecule has 0 fully saturated rings. The van der Waals surface area contributed by atoms with Gasteiger partial charge in [-0.15, -0.1) is 11.3 Å². The molecule has 0 aliphatic carbocycles. The van der Waals surface area contributed by atoms with Crippen molar-refractivity contribution in [1.29, 1.82) is 0 Å². The summed E-state index contributed by atoms with van der Waals surface area (Å²) in [5.74, 6) is -0.464. The Morgan fingerprint density at radius 2 is 2.05 bits per heavy atom. The Hall–Kier alpha value is -2.22. The number of hydrogen-bond donors (Lipinski definition) is 2. The highest BCUT2D eigenvalue weighted by atomic mass is 32.1. The number of aryl methyl sites for hydroxylation is 2. The molecule has 2 N–H and O–H groups in total. The van der Waals surface area contributed by atoms with E-state index >= 15 is 0 Å². The van der Waals surface area contributed by atoms with Crippen molar-refractivity contribution in [1.82, 2.24) is 9.97 Å². The van der Waals surface area contributed by atoms with Gasteiger partial charge in [0.15, 0.2) is 0 Å². The number of carbonyl (C=O) groups is 2. The van der Waals surface area contributed by atoms with Gasteiger partial charge in [0, 0.05) is 0 Å². The van der Waals surface area contributed by atoms with Crippen molar-refractivity contribution in [2.24, 2.45) is 0 Å². The molecular weight excluding hydrogens is 294 g/mol. The number of nitrogens with zero attached hydrogens (tertiary/aromatic N) is 2. The van der Waals surface area contributed by atoms with Gasteiger partial charge in [-0.1, -0.05) is 0 Å². The molecule has 0 bridgehead atoms. The van der Waals surface area contributed by atoms with Crippen molar-refractivity contribution in [3.05, 3.63) is 16.3 Å². The minimum atomic E-state index is -0.988. The third-order valence-electron chi connectivity index (χ3n) is 2.77. The first kappa shape index (κ1) is 15.2. The van der Waals surface area contributed by atoms with Crippen molar-refractivity contribution in [3.63, 3.8) is 0 Å². The Morgan fingerprint density at radius 1 is 1.33 bits per heavy atom. The first-order valence-corrected chi connectivity index (χ1v) is 7.16. The maximum atomic E-state index is 11.9. The van der Waals surface area contributed by atoms with E-state index < -0.39 is 11.9 Å². The van der Waals surface area contributed by atoms with Crippen molar-refractivity contribution in [3.8, 4) is 0 Å². The van der Waals surface area contributed by atoms with Gasteiger partial charge in [0.25, 0.3) is 0 Å². The van der Waals surface area contributed by atoms with Gasteiger partial charge in [0.05, 0.1) is 12.0 Å². The molecule has 112 valence electrons. The summed E-state index contributed by atoms with van der Waals surface area (Å²) in [4.78, 5) is 32.2. The quantitative estimate of drug-likeness (QED) is 0.814. The summed E-state index contributed by atoms with van der Waals surface area (Å²) in [6.07, 6.45) is 0. The van der Waals surface area contributed by atoms with E-state index in [9.17, 15) is 9.59 Å². The fraction of sp³-hybridized carbons (Fsp3) is 0.385. The predicted octanol–water partition coefficient (Wildman–Crippen LogP) is 1.98. The largest absolute Gasteiger partial charge is 0.480 e. The van der Waals surface area contributed by atoms with E-state index in [1.165, 1.54) is 11.3 Å². The van der Waals surface area contributed by atoms with Crippen LogP contribution in [0.15, 0.2) is 0 Å². The summed E-state index contributed by atoms with van der Waals surface area (Å²) in [6, 6.07) is 0. The molecule has 0 aromatic carbocycles. The summed E-state index contributed by atoms with van der Waals surface area (Å²) >= 11 is 1.22. The van der Waals surface area contributed by atoms with E-state index in [2.05, 4.69) is 15.3 Å². The summed E-state index contributed by atoms with van der Waals surface area (Å²) in [5, 5.41) is 12.2. The Morgan fingerprint density at radius 3 is 2.67 bits per heavy atom. The minimum Gasteiger partial charge on any atom is -0.480 e. The molecule has 0 aliphatic rings. The molecule has 0 amide bonds. The zero-order valence-electron chi connectivity index (χ0n) is 11.9. The van der Waals surface area contributed by atoms with Gasteiger partial charge in [-0.3, -0.25) is 4.79 Å². The third kappa shape index (κ3) is 3.10. The number of rotatable bonds is 5. The molecule has 0 saturated heterocycles. The highest BCUT2D eigenvalue weighted by Gasteiger charge is 2.21. The van der Waals surface area contributed by atoms with Crippen LogP contribution in [0.4, 0.5) is 5.82 Å². The van der Waals surface area contributed by atoms with E-state index in [0.717, 1.165) is 0 Å². The highest BCUT2D eigenvalue weighted by Crippen LogP contribution is 2.34. The van der Waals surface area contributed by atoms with Gasteiger partial charge in [-0.25, -0.2) is 14.8 Å². The third-order valence-corrected chi connectivity index (χ3v) is 3.94. The van der Waals surface area contributed by atoms with E-state index in [1.807, 2.05) is 0 Å². The van der Waals surface area contributed by atoms with Crippen LogP contribution in [-0.4, -0.2) is 40.2 Å². The maximum Gasteiger partial charge on any atom is 0.348 e. The minimum absolute atomic E-state index is 0.254. The van der Waals surface area contributed by atoms with E-state index in [-0.39, 0.29) is 6.54 Å². The van der Waals surface area contributed by atoms with Crippen LogP contribution in [0.3, 0.4) is 0 Å². The summed E-state index contributed by atoms with van der Waals surface area (Å²) in [5.41, 5.74) is 0.696. The standard InChI is InChI=1S/C13H15N3O4S/c1-4-20-13(19)10-6(2)9-11(14-5-8(17)18)15-7(3)16-12(9)21-10/h4-5H2,1-3H3,(H,17,18)(H,14,15,16). The molecule has 21 heavy (non-hydrogen) atoms. The van der Waals surface area contributed by atoms with Crippen LogP contribution in [-0.2, 0) is 9.53 Å². The number of fused-ring (bicyclic) bond motifs is 1. The average molecular weight is 309 g/mol. The van der Waals surface area contributed by atoms with E-state index in [0.29, 0.717) is 38.9 Å². The van der Waals surface area contributed by atoms with Crippen LogP contribution >= 0.6 is 11.3 Å². The molecule has 2 heterocycles. The van der Waals surface area contributed by atoms with Crippen LogP contribution < -0.4 is 5.32 Å². The normalized spacial score (nSPS) is 10.6.